The predicted molar refractivity (Wildman–Crippen MR) is 79.2 cm³/mol. The molecular formula is C16H25NO2. The summed E-state index contributed by atoms with van der Waals surface area (Å²) in [5, 5.41) is 0. The third kappa shape index (κ3) is 3.80. The molecular weight excluding hydrogens is 238 g/mol. The van der Waals surface area contributed by atoms with Gasteiger partial charge in [-0.05, 0) is 57.1 Å². The summed E-state index contributed by atoms with van der Waals surface area (Å²) in [6.45, 7) is 13.1. The van der Waals surface area contributed by atoms with Gasteiger partial charge in [0.25, 0.3) is 0 Å². The lowest BCUT2D eigenvalue weighted by atomic mass is 9.99. The molecule has 0 aliphatic rings. The number of rotatable bonds is 7. The lowest BCUT2D eigenvalue weighted by molar-refractivity contribution is 0.0936. The Balaban J connectivity index is 2.95. The zero-order valence-electron chi connectivity index (χ0n) is 12.7. The van der Waals surface area contributed by atoms with E-state index in [0.29, 0.717) is 13.2 Å². The second kappa shape index (κ2) is 7.29. The predicted octanol–water partition coefficient (Wildman–Crippen LogP) is 3.23. The molecule has 19 heavy (non-hydrogen) atoms. The van der Waals surface area contributed by atoms with Crippen molar-refractivity contribution in [1.82, 2.24) is 4.90 Å². The summed E-state index contributed by atoms with van der Waals surface area (Å²) in [7, 11) is 0. The minimum absolute atomic E-state index is 0.187. The maximum atomic E-state index is 12.3. The van der Waals surface area contributed by atoms with E-state index in [2.05, 4.69) is 18.7 Å². The molecule has 0 aromatic heterocycles. The fourth-order valence-electron chi connectivity index (χ4n) is 2.15. The summed E-state index contributed by atoms with van der Waals surface area (Å²) in [5.41, 5.74) is 2.91. The van der Waals surface area contributed by atoms with Gasteiger partial charge in [-0.15, -0.1) is 0 Å². The van der Waals surface area contributed by atoms with Crippen molar-refractivity contribution in [3.63, 3.8) is 0 Å². The molecule has 3 heteroatoms. The minimum atomic E-state index is 0.187. The summed E-state index contributed by atoms with van der Waals surface area (Å²) >= 11 is 0. The molecule has 0 aliphatic heterocycles. The van der Waals surface area contributed by atoms with Crippen molar-refractivity contribution in [2.75, 3.05) is 26.2 Å². The first-order valence-corrected chi connectivity index (χ1v) is 7.03. The van der Waals surface area contributed by atoms with Crippen molar-refractivity contribution in [3.8, 4) is 5.75 Å². The number of Topliss-reactive ketones (excluding diaryl/α,β-unsaturated/α-hetero) is 1. The molecule has 0 amide bonds. The number of hydrogen-bond donors (Lipinski definition) is 0. The number of carbonyl (C=O) groups excluding carboxylic acids is 1. The highest BCUT2D eigenvalue weighted by molar-refractivity contribution is 5.99. The summed E-state index contributed by atoms with van der Waals surface area (Å²) in [6.07, 6.45) is 0. The zero-order chi connectivity index (χ0) is 14.4. The molecule has 106 valence electrons. The van der Waals surface area contributed by atoms with E-state index in [4.69, 9.17) is 4.74 Å². The normalized spacial score (nSPS) is 10.8. The van der Waals surface area contributed by atoms with E-state index in [-0.39, 0.29) is 5.78 Å². The fraction of sp³-hybridized carbons (Fsp3) is 0.562. The van der Waals surface area contributed by atoms with Gasteiger partial charge >= 0.3 is 0 Å². The first kappa shape index (κ1) is 15.7. The zero-order valence-corrected chi connectivity index (χ0v) is 12.7. The van der Waals surface area contributed by atoms with Crippen molar-refractivity contribution >= 4 is 5.78 Å². The third-order valence-corrected chi connectivity index (χ3v) is 3.60. The van der Waals surface area contributed by atoms with Crippen molar-refractivity contribution in [2.24, 2.45) is 0 Å². The van der Waals surface area contributed by atoms with Crippen molar-refractivity contribution in [2.45, 2.75) is 34.6 Å². The molecule has 3 nitrogen and oxygen atoms in total. The monoisotopic (exact) mass is 263 g/mol. The minimum Gasteiger partial charge on any atom is -0.494 e. The molecule has 0 aliphatic carbocycles. The number of carbonyl (C=O) groups is 1. The first-order chi connectivity index (χ1) is 9.04. The Bertz CT molecular complexity index is 437. The molecule has 1 rings (SSSR count). The van der Waals surface area contributed by atoms with E-state index in [1.807, 2.05) is 32.9 Å². The highest BCUT2D eigenvalue weighted by Crippen LogP contribution is 2.24. The van der Waals surface area contributed by atoms with Gasteiger partial charge in [-0.25, -0.2) is 0 Å². The summed E-state index contributed by atoms with van der Waals surface area (Å²) < 4.78 is 5.55. The van der Waals surface area contributed by atoms with Crippen molar-refractivity contribution < 1.29 is 9.53 Å². The highest BCUT2D eigenvalue weighted by Gasteiger charge is 2.15. The molecule has 0 fully saturated rings. The van der Waals surface area contributed by atoms with E-state index >= 15 is 0 Å². The molecule has 0 atom stereocenters. The van der Waals surface area contributed by atoms with Gasteiger partial charge < -0.3 is 4.74 Å². The van der Waals surface area contributed by atoms with Gasteiger partial charge in [0.05, 0.1) is 13.2 Å². The van der Waals surface area contributed by atoms with Crippen LogP contribution in [0.2, 0.25) is 0 Å². The van der Waals surface area contributed by atoms with Crippen LogP contribution >= 0.6 is 0 Å². The quantitative estimate of drug-likeness (QED) is 0.707. The maximum Gasteiger partial charge on any atom is 0.177 e. The molecule has 0 saturated heterocycles. The number of likely N-dealkylation sites (N-methyl/N-ethyl adjacent to an activating group) is 1. The first-order valence-electron chi connectivity index (χ1n) is 7.03. The van der Waals surface area contributed by atoms with Crippen molar-refractivity contribution in [3.05, 3.63) is 28.8 Å². The molecule has 0 heterocycles. The molecule has 0 saturated carbocycles. The van der Waals surface area contributed by atoms with Gasteiger partial charge in [0.15, 0.2) is 5.78 Å². The van der Waals surface area contributed by atoms with Crippen LogP contribution in [0, 0.1) is 13.8 Å². The number of hydrogen-bond acceptors (Lipinski definition) is 3. The number of benzene rings is 1. The topological polar surface area (TPSA) is 29.5 Å². The number of ether oxygens (including phenoxy) is 1. The standard InChI is InChI=1S/C16H25NO2/c1-6-17(7-2)11-15(18)14-9-10-16(19-8-3)13(5)12(14)4/h9-10H,6-8,11H2,1-5H3. The van der Waals surface area contributed by atoms with Crippen LogP contribution in [0.3, 0.4) is 0 Å². The largest absolute Gasteiger partial charge is 0.494 e. The SMILES string of the molecule is CCOc1ccc(C(=O)CN(CC)CC)c(C)c1C. The number of nitrogens with zero attached hydrogens (tertiary/aromatic N) is 1. The van der Waals surface area contributed by atoms with Crippen LogP contribution in [-0.2, 0) is 0 Å². The van der Waals surface area contributed by atoms with Gasteiger partial charge in [0, 0.05) is 5.56 Å². The Morgan fingerprint density at radius 3 is 2.26 bits per heavy atom. The van der Waals surface area contributed by atoms with Gasteiger partial charge in [0.1, 0.15) is 5.75 Å². The fourth-order valence-corrected chi connectivity index (χ4v) is 2.15. The molecule has 0 N–H and O–H groups in total. The second-order valence-electron chi connectivity index (χ2n) is 4.68. The molecule has 0 radical (unpaired) electrons. The number of ketones is 1. The Morgan fingerprint density at radius 2 is 1.74 bits per heavy atom. The molecule has 1 aromatic carbocycles. The van der Waals surface area contributed by atoms with E-state index in [0.717, 1.165) is 35.5 Å². The Morgan fingerprint density at radius 1 is 1.11 bits per heavy atom. The highest BCUT2D eigenvalue weighted by atomic mass is 16.5. The molecule has 0 bridgehead atoms. The van der Waals surface area contributed by atoms with Gasteiger partial charge in [0.2, 0.25) is 0 Å². The Kier molecular flexibility index (Phi) is 6.03. The van der Waals surface area contributed by atoms with Gasteiger partial charge in [-0.2, -0.15) is 0 Å². The van der Waals surface area contributed by atoms with Crippen LogP contribution in [0.25, 0.3) is 0 Å². The second-order valence-corrected chi connectivity index (χ2v) is 4.68. The van der Waals surface area contributed by atoms with Crippen LogP contribution in [0.5, 0.6) is 5.75 Å². The van der Waals surface area contributed by atoms with Crippen LogP contribution in [0.4, 0.5) is 0 Å². The summed E-state index contributed by atoms with van der Waals surface area (Å²) in [5.74, 6) is 1.06. The van der Waals surface area contributed by atoms with Gasteiger partial charge in [-0.3, -0.25) is 9.69 Å². The van der Waals surface area contributed by atoms with E-state index in [1.165, 1.54) is 0 Å². The molecule has 1 aromatic rings. The maximum absolute atomic E-state index is 12.3. The van der Waals surface area contributed by atoms with Gasteiger partial charge in [-0.1, -0.05) is 13.8 Å². The molecule has 0 unspecified atom stereocenters. The Labute approximate surface area is 116 Å². The van der Waals surface area contributed by atoms with E-state index < -0.39 is 0 Å². The lowest BCUT2D eigenvalue weighted by Gasteiger charge is -2.18. The van der Waals surface area contributed by atoms with Crippen molar-refractivity contribution in [1.29, 1.82) is 0 Å². The summed E-state index contributed by atoms with van der Waals surface area (Å²) in [4.78, 5) is 14.5. The van der Waals surface area contributed by atoms with Crippen LogP contribution in [0.15, 0.2) is 12.1 Å². The summed E-state index contributed by atoms with van der Waals surface area (Å²) in [6, 6.07) is 3.79. The third-order valence-electron chi connectivity index (χ3n) is 3.60. The van der Waals surface area contributed by atoms with Crippen LogP contribution < -0.4 is 4.74 Å². The smallest absolute Gasteiger partial charge is 0.177 e. The van der Waals surface area contributed by atoms with E-state index in [9.17, 15) is 4.79 Å². The van der Waals surface area contributed by atoms with Crippen LogP contribution in [-0.4, -0.2) is 36.9 Å². The molecule has 0 spiro atoms. The van der Waals surface area contributed by atoms with Crippen LogP contribution in [0.1, 0.15) is 42.3 Å². The Hall–Kier alpha value is -1.35. The average Bonchev–Trinajstić information content (AvgIpc) is 2.41. The van der Waals surface area contributed by atoms with E-state index in [1.54, 1.807) is 0 Å². The lowest BCUT2D eigenvalue weighted by Crippen LogP contribution is -2.29. The average molecular weight is 263 g/mol.